The molecule has 25 heavy (non-hydrogen) atoms. The second-order valence-electron chi connectivity index (χ2n) is 6.82. The van der Waals surface area contributed by atoms with Crippen LogP contribution >= 0.6 is 0 Å². The normalized spacial score (nSPS) is 11.5. The van der Waals surface area contributed by atoms with Gasteiger partial charge in [-0.3, -0.25) is 4.79 Å². The summed E-state index contributed by atoms with van der Waals surface area (Å²) in [6.45, 7) is 8.22. The first-order valence-corrected chi connectivity index (χ1v) is 8.28. The van der Waals surface area contributed by atoms with E-state index in [1.54, 1.807) is 4.80 Å². The van der Waals surface area contributed by atoms with Gasteiger partial charge in [0.25, 0.3) is 0 Å². The lowest BCUT2D eigenvalue weighted by Crippen LogP contribution is -2.27. The molecule has 1 N–H and O–H groups in total. The van der Waals surface area contributed by atoms with Gasteiger partial charge in [0, 0.05) is 11.1 Å². The standard InChI is InChI=1S/C19H22N4O2/c1-5-25-15-9-7-14(8-10-15)23-21-16-11-6-13(12-17(16)22-23)20-18(24)19(2,3)4/h6-12H,5H2,1-4H3,(H,20,24). The van der Waals surface area contributed by atoms with Crippen LogP contribution in [0.15, 0.2) is 42.5 Å². The molecular formula is C19H22N4O2. The Hall–Kier alpha value is -2.89. The quantitative estimate of drug-likeness (QED) is 0.785. The van der Waals surface area contributed by atoms with E-state index >= 15 is 0 Å². The fraction of sp³-hybridized carbons (Fsp3) is 0.316. The van der Waals surface area contributed by atoms with Gasteiger partial charge in [-0.2, -0.15) is 4.80 Å². The molecule has 0 fully saturated rings. The Kier molecular flexibility index (Phi) is 4.44. The van der Waals surface area contributed by atoms with Crippen LogP contribution in [0.25, 0.3) is 16.7 Å². The average Bonchev–Trinajstić information content (AvgIpc) is 2.98. The van der Waals surface area contributed by atoms with E-state index in [2.05, 4.69) is 15.5 Å². The van der Waals surface area contributed by atoms with E-state index in [9.17, 15) is 4.79 Å². The summed E-state index contributed by atoms with van der Waals surface area (Å²) in [4.78, 5) is 13.7. The summed E-state index contributed by atoms with van der Waals surface area (Å²) in [5.74, 6) is 0.779. The van der Waals surface area contributed by atoms with Crippen molar-refractivity contribution in [3.8, 4) is 11.4 Å². The molecule has 0 bridgehead atoms. The zero-order chi connectivity index (χ0) is 18.0. The number of nitrogens with zero attached hydrogens (tertiary/aromatic N) is 3. The van der Waals surface area contributed by atoms with Gasteiger partial charge < -0.3 is 10.1 Å². The highest BCUT2D eigenvalue weighted by Crippen LogP contribution is 2.21. The Balaban J connectivity index is 1.86. The van der Waals surface area contributed by atoms with E-state index in [-0.39, 0.29) is 5.91 Å². The third kappa shape index (κ3) is 3.79. The van der Waals surface area contributed by atoms with Crippen LogP contribution in [-0.4, -0.2) is 27.5 Å². The maximum absolute atomic E-state index is 12.1. The van der Waals surface area contributed by atoms with Gasteiger partial charge in [0.2, 0.25) is 5.91 Å². The number of carbonyl (C=O) groups is 1. The van der Waals surface area contributed by atoms with Gasteiger partial charge in [-0.05, 0) is 49.4 Å². The Morgan fingerprint density at radius 1 is 1.08 bits per heavy atom. The van der Waals surface area contributed by atoms with E-state index in [1.165, 1.54) is 0 Å². The summed E-state index contributed by atoms with van der Waals surface area (Å²) in [6.07, 6.45) is 0. The van der Waals surface area contributed by atoms with Gasteiger partial charge in [0.1, 0.15) is 16.8 Å². The van der Waals surface area contributed by atoms with Crippen LogP contribution in [0.2, 0.25) is 0 Å². The topological polar surface area (TPSA) is 69.0 Å². The summed E-state index contributed by atoms with van der Waals surface area (Å²) in [7, 11) is 0. The molecule has 130 valence electrons. The Bertz CT molecular complexity index is 892. The first-order valence-electron chi connectivity index (χ1n) is 8.28. The van der Waals surface area contributed by atoms with E-state index in [4.69, 9.17) is 4.74 Å². The molecule has 3 aromatic rings. The number of hydrogen-bond donors (Lipinski definition) is 1. The number of hydrogen-bond acceptors (Lipinski definition) is 4. The van der Waals surface area contributed by atoms with Crippen molar-refractivity contribution in [3.63, 3.8) is 0 Å². The number of rotatable bonds is 4. The third-order valence-corrected chi connectivity index (χ3v) is 3.70. The minimum absolute atomic E-state index is 0.0363. The summed E-state index contributed by atoms with van der Waals surface area (Å²) < 4.78 is 5.45. The van der Waals surface area contributed by atoms with Crippen LogP contribution in [0.5, 0.6) is 5.75 Å². The number of anilines is 1. The maximum Gasteiger partial charge on any atom is 0.229 e. The second-order valence-corrected chi connectivity index (χ2v) is 6.82. The molecule has 0 aliphatic carbocycles. The predicted octanol–water partition coefficient (Wildman–Crippen LogP) is 3.80. The first-order chi connectivity index (χ1) is 11.9. The number of benzene rings is 2. The van der Waals surface area contributed by atoms with Crippen LogP contribution in [0.4, 0.5) is 5.69 Å². The monoisotopic (exact) mass is 338 g/mol. The highest BCUT2D eigenvalue weighted by Gasteiger charge is 2.21. The molecule has 3 rings (SSSR count). The molecule has 6 heteroatoms. The fourth-order valence-electron chi connectivity index (χ4n) is 2.27. The molecule has 0 radical (unpaired) electrons. The van der Waals surface area contributed by atoms with Crippen LogP contribution < -0.4 is 10.1 Å². The van der Waals surface area contributed by atoms with Crippen molar-refractivity contribution < 1.29 is 9.53 Å². The highest BCUT2D eigenvalue weighted by molar-refractivity contribution is 5.96. The van der Waals surface area contributed by atoms with E-state index < -0.39 is 5.41 Å². The molecule has 1 aromatic heterocycles. The van der Waals surface area contributed by atoms with Crippen molar-refractivity contribution in [2.75, 3.05) is 11.9 Å². The molecule has 0 aliphatic heterocycles. The first kappa shape index (κ1) is 17.0. The summed E-state index contributed by atoms with van der Waals surface area (Å²) in [5, 5.41) is 11.9. The number of amides is 1. The van der Waals surface area contributed by atoms with Crippen molar-refractivity contribution in [2.45, 2.75) is 27.7 Å². The zero-order valence-electron chi connectivity index (χ0n) is 14.9. The van der Waals surface area contributed by atoms with Crippen LogP contribution in [0.1, 0.15) is 27.7 Å². The summed E-state index contributed by atoms with van der Waals surface area (Å²) >= 11 is 0. The van der Waals surface area contributed by atoms with E-state index in [0.717, 1.165) is 22.5 Å². The number of fused-ring (bicyclic) bond motifs is 1. The lowest BCUT2D eigenvalue weighted by molar-refractivity contribution is -0.123. The lowest BCUT2D eigenvalue weighted by atomic mass is 9.95. The second kappa shape index (κ2) is 6.55. The Morgan fingerprint density at radius 2 is 1.76 bits per heavy atom. The van der Waals surface area contributed by atoms with Crippen LogP contribution in [-0.2, 0) is 4.79 Å². The predicted molar refractivity (Wildman–Crippen MR) is 98.1 cm³/mol. The van der Waals surface area contributed by atoms with Gasteiger partial charge in [-0.25, -0.2) is 0 Å². The van der Waals surface area contributed by atoms with E-state index in [0.29, 0.717) is 12.3 Å². The molecule has 0 aliphatic rings. The lowest BCUT2D eigenvalue weighted by Gasteiger charge is -2.17. The van der Waals surface area contributed by atoms with Gasteiger partial charge >= 0.3 is 0 Å². The van der Waals surface area contributed by atoms with Crippen molar-refractivity contribution in [2.24, 2.45) is 5.41 Å². The largest absolute Gasteiger partial charge is 0.494 e. The van der Waals surface area contributed by atoms with Crippen molar-refractivity contribution >= 4 is 22.6 Å². The number of carbonyl (C=O) groups excluding carboxylic acids is 1. The Morgan fingerprint density at radius 3 is 2.40 bits per heavy atom. The molecule has 2 aromatic carbocycles. The molecule has 0 unspecified atom stereocenters. The van der Waals surface area contributed by atoms with Gasteiger partial charge in [-0.1, -0.05) is 20.8 Å². The van der Waals surface area contributed by atoms with Crippen LogP contribution in [0.3, 0.4) is 0 Å². The maximum atomic E-state index is 12.1. The Labute approximate surface area is 146 Å². The molecule has 1 amide bonds. The van der Waals surface area contributed by atoms with Crippen molar-refractivity contribution in [3.05, 3.63) is 42.5 Å². The minimum atomic E-state index is -0.450. The fourth-order valence-corrected chi connectivity index (χ4v) is 2.27. The van der Waals surface area contributed by atoms with Crippen molar-refractivity contribution in [1.29, 1.82) is 0 Å². The summed E-state index contributed by atoms with van der Waals surface area (Å²) in [6, 6.07) is 13.1. The molecule has 0 saturated heterocycles. The molecule has 0 saturated carbocycles. The van der Waals surface area contributed by atoms with Gasteiger partial charge in [0.15, 0.2) is 0 Å². The molecule has 6 nitrogen and oxygen atoms in total. The number of ether oxygens (including phenoxy) is 1. The minimum Gasteiger partial charge on any atom is -0.494 e. The van der Waals surface area contributed by atoms with Crippen molar-refractivity contribution in [1.82, 2.24) is 15.0 Å². The van der Waals surface area contributed by atoms with Gasteiger partial charge in [-0.15, -0.1) is 10.2 Å². The van der Waals surface area contributed by atoms with Gasteiger partial charge in [0.05, 0.1) is 12.3 Å². The number of nitrogens with one attached hydrogen (secondary N) is 1. The summed E-state index contributed by atoms with van der Waals surface area (Å²) in [5.41, 5.74) is 2.60. The third-order valence-electron chi connectivity index (χ3n) is 3.70. The smallest absolute Gasteiger partial charge is 0.229 e. The highest BCUT2D eigenvalue weighted by atomic mass is 16.5. The molecule has 1 heterocycles. The average molecular weight is 338 g/mol. The zero-order valence-corrected chi connectivity index (χ0v) is 14.9. The SMILES string of the molecule is CCOc1ccc(-n2nc3ccc(NC(=O)C(C)(C)C)cc3n2)cc1. The van der Waals surface area contributed by atoms with E-state index in [1.807, 2.05) is 70.2 Å². The van der Waals surface area contributed by atoms with Crippen LogP contribution in [0, 0.1) is 5.41 Å². The molecule has 0 spiro atoms. The molecule has 0 atom stereocenters. The molecular weight excluding hydrogens is 316 g/mol. The number of aromatic nitrogens is 3.